The maximum Gasteiger partial charge on any atom is 0.0929 e. The van der Waals surface area contributed by atoms with Gasteiger partial charge in [0.1, 0.15) is 0 Å². The first-order chi connectivity index (χ1) is 12.1. The Balaban J connectivity index is 1.74. The second-order valence-corrected chi connectivity index (χ2v) is 7.13. The molecule has 0 fully saturated rings. The van der Waals surface area contributed by atoms with Crippen LogP contribution in [0.2, 0.25) is 0 Å². The van der Waals surface area contributed by atoms with Crippen molar-refractivity contribution < 1.29 is 0 Å². The Hall–Kier alpha value is -2.52. The lowest BCUT2D eigenvalue weighted by Gasteiger charge is -2.33. The molecule has 1 atom stereocenters. The fraction of sp³-hybridized carbons (Fsp3) is 0.273. The fourth-order valence-corrected chi connectivity index (χ4v) is 3.64. The molecule has 0 bridgehead atoms. The van der Waals surface area contributed by atoms with Crippen LogP contribution < -0.4 is 0 Å². The molecular weight excluding hydrogens is 306 g/mol. The maximum atomic E-state index is 4.34. The molecule has 1 unspecified atom stereocenters. The monoisotopic (exact) mass is 329 g/mol. The Kier molecular flexibility index (Phi) is 4.10. The van der Waals surface area contributed by atoms with Gasteiger partial charge in [0.25, 0.3) is 0 Å². The van der Waals surface area contributed by atoms with Crippen LogP contribution in [0.1, 0.15) is 33.9 Å². The summed E-state index contributed by atoms with van der Waals surface area (Å²) < 4.78 is 0. The fourth-order valence-electron chi connectivity index (χ4n) is 3.64. The number of nitrogens with zero attached hydrogens (tertiary/aromatic N) is 3. The molecule has 0 N–H and O–H groups in total. The summed E-state index contributed by atoms with van der Waals surface area (Å²) in [5, 5.41) is 8.53. The van der Waals surface area contributed by atoms with Crippen molar-refractivity contribution in [2.24, 2.45) is 0 Å². The van der Waals surface area contributed by atoms with Crippen molar-refractivity contribution in [2.75, 3.05) is 13.6 Å². The SMILES string of the molecule is Cc1ccc(C2CN(C)Cc3cc(-c4ccc(C)nn4)ccc32)cc1. The zero-order chi connectivity index (χ0) is 17.4. The molecule has 3 aromatic rings. The number of hydrogen-bond donors (Lipinski definition) is 0. The summed E-state index contributed by atoms with van der Waals surface area (Å²) in [7, 11) is 2.20. The summed E-state index contributed by atoms with van der Waals surface area (Å²) >= 11 is 0. The number of hydrogen-bond acceptors (Lipinski definition) is 3. The van der Waals surface area contributed by atoms with E-state index in [-0.39, 0.29) is 0 Å². The molecule has 126 valence electrons. The molecule has 0 aliphatic carbocycles. The van der Waals surface area contributed by atoms with Crippen LogP contribution in [0.15, 0.2) is 54.6 Å². The lowest BCUT2D eigenvalue weighted by molar-refractivity contribution is 0.295. The number of aryl methyl sites for hydroxylation is 2. The third kappa shape index (κ3) is 3.20. The van der Waals surface area contributed by atoms with Crippen molar-refractivity contribution in [3.63, 3.8) is 0 Å². The number of benzene rings is 2. The summed E-state index contributed by atoms with van der Waals surface area (Å²) in [5.41, 5.74) is 8.55. The molecule has 2 aromatic carbocycles. The highest BCUT2D eigenvalue weighted by Crippen LogP contribution is 2.35. The Bertz CT molecular complexity index is 882. The van der Waals surface area contributed by atoms with Gasteiger partial charge in [0.15, 0.2) is 0 Å². The zero-order valence-corrected chi connectivity index (χ0v) is 15.0. The van der Waals surface area contributed by atoms with Gasteiger partial charge in [-0.25, -0.2) is 0 Å². The van der Waals surface area contributed by atoms with Crippen LogP contribution >= 0.6 is 0 Å². The lowest BCUT2D eigenvalue weighted by atomic mass is 9.83. The molecule has 0 saturated carbocycles. The first kappa shape index (κ1) is 16.0. The molecule has 2 heterocycles. The first-order valence-corrected chi connectivity index (χ1v) is 8.79. The van der Waals surface area contributed by atoms with E-state index in [1.165, 1.54) is 22.3 Å². The van der Waals surface area contributed by atoms with E-state index in [0.717, 1.165) is 30.0 Å². The average molecular weight is 329 g/mol. The third-order valence-electron chi connectivity index (χ3n) is 5.03. The zero-order valence-electron chi connectivity index (χ0n) is 15.0. The normalized spacial score (nSPS) is 17.3. The molecule has 1 aliphatic heterocycles. The van der Waals surface area contributed by atoms with E-state index in [4.69, 9.17) is 0 Å². The molecule has 0 saturated heterocycles. The topological polar surface area (TPSA) is 29.0 Å². The second-order valence-electron chi connectivity index (χ2n) is 7.13. The van der Waals surface area contributed by atoms with Crippen molar-refractivity contribution in [3.8, 4) is 11.3 Å². The van der Waals surface area contributed by atoms with E-state index in [2.05, 4.69) is 71.5 Å². The summed E-state index contributed by atoms with van der Waals surface area (Å²) in [5.74, 6) is 0.424. The molecular formula is C22H23N3. The molecule has 3 nitrogen and oxygen atoms in total. The van der Waals surface area contributed by atoms with Gasteiger partial charge < -0.3 is 4.90 Å². The van der Waals surface area contributed by atoms with E-state index in [1.807, 2.05) is 19.1 Å². The Morgan fingerprint density at radius 2 is 1.72 bits per heavy atom. The molecule has 25 heavy (non-hydrogen) atoms. The number of likely N-dealkylation sites (N-methyl/N-ethyl adjacent to an activating group) is 1. The number of aromatic nitrogens is 2. The van der Waals surface area contributed by atoms with Crippen LogP contribution in [0.3, 0.4) is 0 Å². The van der Waals surface area contributed by atoms with Gasteiger partial charge in [0.2, 0.25) is 0 Å². The minimum absolute atomic E-state index is 0.424. The van der Waals surface area contributed by atoms with Gasteiger partial charge in [0, 0.05) is 24.6 Å². The van der Waals surface area contributed by atoms with Crippen molar-refractivity contribution in [3.05, 3.63) is 82.5 Å². The van der Waals surface area contributed by atoms with E-state index >= 15 is 0 Å². The van der Waals surface area contributed by atoms with Crippen molar-refractivity contribution >= 4 is 0 Å². The van der Waals surface area contributed by atoms with Gasteiger partial charge in [-0.1, -0.05) is 42.0 Å². The van der Waals surface area contributed by atoms with E-state index in [9.17, 15) is 0 Å². The second kappa shape index (κ2) is 6.41. The van der Waals surface area contributed by atoms with Gasteiger partial charge in [-0.3, -0.25) is 0 Å². The molecule has 0 radical (unpaired) electrons. The van der Waals surface area contributed by atoms with Crippen LogP contribution in [-0.2, 0) is 6.54 Å². The molecule has 4 rings (SSSR count). The van der Waals surface area contributed by atoms with Crippen LogP contribution in [0.4, 0.5) is 0 Å². The minimum atomic E-state index is 0.424. The van der Waals surface area contributed by atoms with E-state index < -0.39 is 0 Å². The van der Waals surface area contributed by atoms with Gasteiger partial charge in [-0.2, -0.15) is 10.2 Å². The molecule has 0 amide bonds. The van der Waals surface area contributed by atoms with Crippen LogP contribution in [0, 0.1) is 13.8 Å². The summed E-state index contributed by atoms with van der Waals surface area (Å²) in [6.07, 6.45) is 0. The van der Waals surface area contributed by atoms with Gasteiger partial charge in [-0.05, 0) is 55.8 Å². The quantitative estimate of drug-likeness (QED) is 0.700. The van der Waals surface area contributed by atoms with Crippen LogP contribution in [0.5, 0.6) is 0 Å². The molecule has 3 heteroatoms. The Labute approximate surface area is 149 Å². The maximum absolute atomic E-state index is 4.34. The van der Waals surface area contributed by atoms with Crippen molar-refractivity contribution in [2.45, 2.75) is 26.3 Å². The number of rotatable bonds is 2. The van der Waals surface area contributed by atoms with E-state index in [1.54, 1.807) is 0 Å². The van der Waals surface area contributed by atoms with Gasteiger partial charge in [-0.15, -0.1) is 0 Å². The summed E-state index contributed by atoms with van der Waals surface area (Å²) in [4.78, 5) is 2.40. The first-order valence-electron chi connectivity index (χ1n) is 8.79. The van der Waals surface area contributed by atoms with Crippen LogP contribution in [0.25, 0.3) is 11.3 Å². The van der Waals surface area contributed by atoms with Crippen molar-refractivity contribution in [1.29, 1.82) is 0 Å². The predicted molar refractivity (Wildman–Crippen MR) is 102 cm³/mol. The predicted octanol–water partition coefficient (Wildman–Crippen LogP) is 4.34. The average Bonchev–Trinajstić information content (AvgIpc) is 2.62. The lowest BCUT2D eigenvalue weighted by Crippen LogP contribution is -2.31. The minimum Gasteiger partial charge on any atom is -0.301 e. The molecule has 1 aromatic heterocycles. The highest BCUT2D eigenvalue weighted by molar-refractivity contribution is 5.61. The summed E-state index contributed by atoms with van der Waals surface area (Å²) in [6, 6.07) is 19.8. The molecule has 0 spiro atoms. The van der Waals surface area contributed by atoms with Gasteiger partial charge >= 0.3 is 0 Å². The highest BCUT2D eigenvalue weighted by Gasteiger charge is 2.25. The van der Waals surface area contributed by atoms with Crippen molar-refractivity contribution in [1.82, 2.24) is 15.1 Å². The summed E-state index contributed by atoms with van der Waals surface area (Å²) in [6.45, 7) is 6.13. The van der Waals surface area contributed by atoms with E-state index in [0.29, 0.717) is 5.92 Å². The van der Waals surface area contributed by atoms with Crippen LogP contribution in [-0.4, -0.2) is 28.7 Å². The Morgan fingerprint density at radius 1 is 0.920 bits per heavy atom. The Morgan fingerprint density at radius 3 is 2.44 bits per heavy atom. The third-order valence-corrected chi connectivity index (χ3v) is 5.03. The molecule has 1 aliphatic rings. The standard InChI is InChI=1S/C22H23N3/c1-15-4-7-17(8-5-15)21-14-25(3)13-19-12-18(9-10-20(19)21)22-11-6-16(2)23-24-22/h4-12,21H,13-14H2,1-3H3. The van der Waals surface area contributed by atoms with Gasteiger partial charge in [0.05, 0.1) is 11.4 Å². The highest BCUT2D eigenvalue weighted by atomic mass is 15.1. The number of fused-ring (bicyclic) bond motifs is 1. The largest absolute Gasteiger partial charge is 0.301 e. The smallest absolute Gasteiger partial charge is 0.0929 e.